The Morgan fingerprint density at radius 3 is 2.45 bits per heavy atom. The van der Waals surface area contributed by atoms with Gasteiger partial charge in [0.1, 0.15) is 5.01 Å². The lowest BCUT2D eigenvalue weighted by Crippen LogP contribution is -2.40. The summed E-state index contributed by atoms with van der Waals surface area (Å²) in [6, 6.07) is 17.2. The smallest absolute Gasteiger partial charge is 0.243 e. The van der Waals surface area contributed by atoms with Crippen LogP contribution in [0.15, 0.2) is 64.9 Å². The molecule has 0 saturated carbocycles. The van der Waals surface area contributed by atoms with Gasteiger partial charge in [0.2, 0.25) is 10.0 Å². The third-order valence-corrected chi connectivity index (χ3v) is 7.59. The molecule has 0 bridgehead atoms. The summed E-state index contributed by atoms with van der Waals surface area (Å²) in [5, 5.41) is 6.45. The van der Waals surface area contributed by atoms with E-state index < -0.39 is 10.0 Å². The molecule has 1 aliphatic rings. The highest BCUT2D eigenvalue weighted by atomic mass is 32.2. The van der Waals surface area contributed by atoms with E-state index >= 15 is 0 Å². The Morgan fingerprint density at radius 1 is 1.00 bits per heavy atom. The summed E-state index contributed by atoms with van der Waals surface area (Å²) in [5.74, 6) is 0. The number of thiazole rings is 1. The van der Waals surface area contributed by atoms with Crippen molar-refractivity contribution in [1.82, 2.24) is 14.6 Å². The van der Waals surface area contributed by atoms with Crippen LogP contribution in [0.2, 0.25) is 0 Å². The Bertz CT molecular complexity index is 1030. The highest BCUT2D eigenvalue weighted by Crippen LogP contribution is 2.23. The molecular weight excluding hydrogens is 406 g/mol. The Morgan fingerprint density at radius 2 is 1.72 bits per heavy atom. The van der Waals surface area contributed by atoms with E-state index in [9.17, 15) is 8.42 Å². The van der Waals surface area contributed by atoms with E-state index in [1.165, 1.54) is 4.31 Å². The van der Waals surface area contributed by atoms with Crippen molar-refractivity contribution in [3.05, 3.63) is 71.2 Å². The summed E-state index contributed by atoms with van der Waals surface area (Å²) < 4.78 is 32.0. The zero-order valence-corrected chi connectivity index (χ0v) is 17.6. The first kappa shape index (κ1) is 20.2. The molecule has 1 aromatic heterocycles. The molecule has 152 valence electrons. The molecule has 0 atom stereocenters. The third kappa shape index (κ3) is 4.91. The van der Waals surface area contributed by atoms with E-state index in [1.54, 1.807) is 23.5 Å². The van der Waals surface area contributed by atoms with E-state index in [1.807, 2.05) is 30.3 Å². The summed E-state index contributed by atoms with van der Waals surface area (Å²) in [7, 11) is -3.44. The molecule has 6 nitrogen and oxygen atoms in total. The average molecular weight is 430 g/mol. The average Bonchev–Trinajstić information content (AvgIpc) is 3.24. The molecule has 1 fully saturated rings. The van der Waals surface area contributed by atoms with Crippen LogP contribution in [0.3, 0.4) is 0 Å². The van der Waals surface area contributed by atoms with Crippen molar-refractivity contribution in [3.63, 3.8) is 0 Å². The van der Waals surface area contributed by atoms with Crippen molar-refractivity contribution in [2.24, 2.45) is 0 Å². The molecule has 0 amide bonds. The zero-order chi connectivity index (χ0) is 20.1. The minimum Gasteiger partial charge on any atom is -0.379 e. The predicted octanol–water partition coefficient (Wildman–Crippen LogP) is 3.12. The number of aromatic nitrogens is 1. The van der Waals surface area contributed by atoms with Crippen LogP contribution in [0.1, 0.15) is 11.3 Å². The standard InChI is InChI=1S/C21H23N3O3S2/c25-29(26,24-10-12-27-13-11-24)20-8-6-17(7-9-20)14-22-15-19-16-28-21(23-19)18-4-2-1-3-5-18/h1-9,16,22H,10-15H2. The molecule has 1 saturated heterocycles. The number of ether oxygens (including phenoxy) is 1. The van der Waals surface area contributed by atoms with Crippen molar-refractivity contribution in [1.29, 1.82) is 0 Å². The summed E-state index contributed by atoms with van der Waals surface area (Å²) in [5.41, 5.74) is 3.16. The van der Waals surface area contributed by atoms with Crippen molar-refractivity contribution >= 4 is 21.4 Å². The van der Waals surface area contributed by atoms with Gasteiger partial charge in [-0.1, -0.05) is 42.5 Å². The van der Waals surface area contributed by atoms with Crippen molar-refractivity contribution in [3.8, 4) is 10.6 Å². The van der Waals surface area contributed by atoms with Crippen LogP contribution in [0.4, 0.5) is 0 Å². The normalized spacial score (nSPS) is 15.4. The monoisotopic (exact) mass is 429 g/mol. The second-order valence-electron chi connectivity index (χ2n) is 6.77. The first-order chi connectivity index (χ1) is 14.1. The van der Waals surface area contributed by atoms with Gasteiger partial charge in [0.15, 0.2) is 0 Å². The van der Waals surface area contributed by atoms with Gasteiger partial charge in [0.25, 0.3) is 0 Å². The molecule has 0 unspecified atom stereocenters. The molecular formula is C21H23N3O3S2. The van der Waals surface area contributed by atoms with Crippen LogP contribution in [-0.2, 0) is 27.8 Å². The highest BCUT2D eigenvalue weighted by molar-refractivity contribution is 7.89. The summed E-state index contributed by atoms with van der Waals surface area (Å²) in [4.78, 5) is 5.00. The van der Waals surface area contributed by atoms with Crippen LogP contribution in [0.25, 0.3) is 10.6 Å². The van der Waals surface area contributed by atoms with Crippen molar-refractivity contribution in [2.75, 3.05) is 26.3 Å². The summed E-state index contributed by atoms with van der Waals surface area (Å²) >= 11 is 1.64. The Kier molecular flexibility index (Phi) is 6.37. The van der Waals surface area contributed by atoms with E-state index in [0.29, 0.717) is 44.3 Å². The molecule has 29 heavy (non-hydrogen) atoms. The van der Waals surface area contributed by atoms with Gasteiger partial charge >= 0.3 is 0 Å². The van der Waals surface area contributed by atoms with Gasteiger partial charge in [-0.15, -0.1) is 11.3 Å². The molecule has 1 aliphatic heterocycles. The maximum absolute atomic E-state index is 12.7. The predicted molar refractivity (Wildman–Crippen MR) is 114 cm³/mol. The van der Waals surface area contributed by atoms with E-state index in [-0.39, 0.29) is 0 Å². The van der Waals surface area contributed by atoms with Gasteiger partial charge in [-0.2, -0.15) is 4.31 Å². The quantitative estimate of drug-likeness (QED) is 0.625. The number of hydrogen-bond donors (Lipinski definition) is 1. The second-order valence-corrected chi connectivity index (χ2v) is 9.57. The molecule has 0 aliphatic carbocycles. The molecule has 4 rings (SSSR count). The van der Waals surface area contributed by atoms with Gasteiger partial charge < -0.3 is 10.1 Å². The number of morpholine rings is 1. The van der Waals surface area contributed by atoms with Crippen molar-refractivity contribution < 1.29 is 13.2 Å². The minimum absolute atomic E-state index is 0.329. The number of nitrogens with zero attached hydrogens (tertiary/aromatic N) is 2. The number of sulfonamides is 1. The number of benzene rings is 2. The van der Waals surface area contributed by atoms with Gasteiger partial charge in [0.05, 0.1) is 23.8 Å². The van der Waals surface area contributed by atoms with E-state index in [4.69, 9.17) is 4.74 Å². The first-order valence-electron chi connectivity index (χ1n) is 9.50. The molecule has 2 aromatic carbocycles. The lowest BCUT2D eigenvalue weighted by Gasteiger charge is -2.26. The topological polar surface area (TPSA) is 71.5 Å². The Labute approximate surface area is 175 Å². The van der Waals surface area contributed by atoms with E-state index in [2.05, 4.69) is 27.8 Å². The fourth-order valence-electron chi connectivity index (χ4n) is 3.15. The van der Waals surface area contributed by atoms with Crippen LogP contribution in [0.5, 0.6) is 0 Å². The number of rotatable bonds is 7. The molecule has 8 heteroatoms. The SMILES string of the molecule is O=S(=O)(c1ccc(CNCc2csc(-c3ccccc3)n2)cc1)N1CCOCC1. The van der Waals surface area contributed by atoms with Gasteiger partial charge in [-0.25, -0.2) is 13.4 Å². The summed E-state index contributed by atoms with van der Waals surface area (Å²) in [6.45, 7) is 3.02. The zero-order valence-electron chi connectivity index (χ0n) is 16.0. The summed E-state index contributed by atoms with van der Waals surface area (Å²) in [6.07, 6.45) is 0. The lowest BCUT2D eigenvalue weighted by molar-refractivity contribution is 0.0730. The number of nitrogens with one attached hydrogen (secondary N) is 1. The second kappa shape index (κ2) is 9.15. The van der Waals surface area contributed by atoms with Crippen LogP contribution in [-0.4, -0.2) is 44.0 Å². The molecule has 0 spiro atoms. The number of hydrogen-bond acceptors (Lipinski definition) is 6. The fourth-order valence-corrected chi connectivity index (χ4v) is 5.39. The molecule has 0 radical (unpaired) electrons. The lowest BCUT2D eigenvalue weighted by atomic mass is 10.2. The van der Waals surface area contributed by atoms with Gasteiger partial charge in [-0.3, -0.25) is 0 Å². The van der Waals surface area contributed by atoms with E-state index in [0.717, 1.165) is 21.8 Å². The maximum atomic E-state index is 12.7. The highest BCUT2D eigenvalue weighted by Gasteiger charge is 2.25. The Hall–Kier alpha value is -2.10. The van der Waals surface area contributed by atoms with Crippen LogP contribution >= 0.6 is 11.3 Å². The largest absolute Gasteiger partial charge is 0.379 e. The van der Waals surface area contributed by atoms with Crippen molar-refractivity contribution in [2.45, 2.75) is 18.0 Å². The maximum Gasteiger partial charge on any atom is 0.243 e. The first-order valence-corrected chi connectivity index (χ1v) is 11.8. The van der Waals surface area contributed by atoms with Crippen LogP contribution in [0, 0.1) is 0 Å². The molecule has 1 N–H and O–H groups in total. The van der Waals surface area contributed by atoms with Gasteiger partial charge in [-0.05, 0) is 17.7 Å². The minimum atomic E-state index is -3.44. The third-order valence-electron chi connectivity index (χ3n) is 4.74. The molecule has 3 aromatic rings. The van der Waals surface area contributed by atoms with Crippen LogP contribution < -0.4 is 5.32 Å². The fraction of sp³-hybridized carbons (Fsp3) is 0.286. The van der Waals surface area contributed by atoms with Gasteiger partial charge in [0, 0.05) is 37.1 Å². The molecule has 2 heterocycles. The Balaban J connectivity index is 1.32.